The summed E-state index contributed by atoms with van der Waals surface area (Å²) in [5, 5.41) is 4.96. The minimum atomic E-state index is -0.511. The summed E-state index contributed by atoms with van der Waals surface area (Å²) in [4.78, 5) is 13.6. The van der Waals surface area contributed by atoms with Crippen LogP contribution in [0, 0.1) is 5.82 Å². The molecule has 2 aliphatic rings. The number of likely N-dealkylation sites (N-methyl/N-ethyl adjacent to an activating group) is 1. The van der Waals surface area contributed by atoms with Gasteiger partial charge >= 0.3 is 0 Å². The second kappa shape index (κ2) is 9.77. The highest BCUT2D eigenvalue weighted by Gasteiger charge is 2.25. The zero-order valence-electron chi connectivity index (χ0n) is 20.0. The van der Waals surface area contributed by atoms with E-state index in [1.807, 2.05) is 12.3 Å². The molecular formula is C25H31FN6O2. The average Bonchev–Trinajstić information content (AvgIpc) is 3.04. The minimum absolute atomic E-state index is 0.0257. The number of rotatable bonds is 5. The van der Waals surface area contributed by atoms with Crippen molar-refractivity contribution in [3.63, 3.8) is 0 Å². The van der Waals surface area contributed by atoms with Gasteiger partial charge < -0.3 is 14.4 Å². The zero-order valence-corrected chi connectivity index (χ0v) is 20.0. The van der Waals surface area contributed by atoms with Gasteiger partial charge in [0.05, 0.1) is 49.3 Å². The Hall–Kier alpha value is -2.88. The lowest BCUT2D eigenvalue weighted by molar-refractivity contribution is 0.117. The predicted molar refractivity (Wildman–Crippen MR) is 127 cm³/mol. The van der Waals surface area contributed by atoms with Crippen molar-refractivity contribution >= 4 is 0 Å². The second-order valence-electron chi connectivity index (χ2n) is 8.97. The number of fused-ring (bicyclic) bond motifs is 1. The predicted octanol–water partition coefficient (Wildman–Crippen LogP) is 2.90. The summed E-state index contributed by atoms with van der Waals surface area (Å²) >= 11 is 0. The van der Waals surface area contributed by atoms with Gasteiger partial charge in [-0.1, -0.05) is 0 Å². The van der Waals surface area contributed by atoms with Gasteiger partial charge in [0.15, 0.2) is 5.82 Å². The number of piperazine rings is 1. The maximum Gasteiger partial charge on any atom is 0.250 e. The van der Waals surface area contributed by atoms with Crippen LogP contribution in [0.2, 0.25) is 0 Å². The van der Waals surface area contributed by atoms with Gasteiger partial charge in [0.1, 0.15) is 0 Å². The third kappa shape index (κ3) is 4.43. The summed E-state index contributed by atoms with van der Waals surface area (Å²) in [5.41, 5.74) is 5.69. The highest BCUT2D eigenvalue weighted by molar-refractivity contribution is 5.65. The second-order valence-corrected chi connectivity index (χ2v) is 8.97. The maximum absolute atomic E-state index is 14.5. The average molecular weight is 467 g/mol. The Morgan fingerprint density at radius 3 is 2.65 bits per heavy atom. The Morgan fingerprint density at radius 1 is 1.09 bits per heavy atom. The number of hydrogen-bond acceptors (Lipinski definition) is 7. The highest BCUT2D eigenvalue weighted by atomic mass is 19.1. The van der Waals surface area contributed by atoms with Gasteiger partial charge in [0.2, 0.25) is 5.88 Å². The van der Waals surface area contributed by atoms with Crippen molar-refractivity contribution in [2.24, 2.45) is 0 Å². The molecule has 0 spiro atoms. The summed E-state index contributed by atoms with van der Waals surface area (Å²) < 4.78 is 27.0. The van der Waals surface area contributed by atoms with Crippen LogP contribution in [0.4, 0.5) is 4.39 Å². The molecule has 2 aliphatic heterocycles. The fourth-order valence-corrected chi connectivity index (χ4v) is 4.80. The molecular weight excluding hydrogens is 435 g/mol. The van der Waals surface area contributed by atoms with Crippen molar-refractivity contribution in [3.05, 3.63) is 53.4 Å². The molecule has 1 saturated heterocycles. The summed E-state index contributed by atoms with van der Waals surface area (Å²) in [7, 11) is 3.57. The molecule has 0 amide bonds. The monoisotopic (exact) mass is 466 g/mol. The Kier molecular flexibility index (Phi) is 6.58. The number of nitrogens with zero attached hydrogens (tertiary/aromatic N) is 6. The van der Waals surface area contributed by atoms with Crippen molar-refractivity contribution in [1.29, 1.82) is 0 Å². The molecule has 8 nitrogen and oxygen atoms in total. The van der Waals surface area contributed by atoms with Crippen LogP contribution in [0.3, 0.4) is 0 Å². The fraction of sp³-hybridized carbons (Fsp3) is 0.480. The van der Waals surface area contributed by atoms with Gasteiger partial charge in [-0.05, 0) is 32.5 Å². The van der Waals surface area contributed by atoms with Gasteiger partial charge in [0.25, 0.3) is 0 Å². The first-order valence-corrected chi connectivity index (χ1v) is 11.8. The molecule has 0 radical (unpaired) electrons. The molecule has 34 heavy (non-hydrogen) atoms. The first kappa shape index (κ1) is 22.9. The SMILES string of the molecule is COc1ncc(-n2nc(-c3ccnc(C(C)N4CCN(C)CC4)c3)c3c2CCOCC3)cc1F. The minimum Gasteiger partial charge on any atom is -0.479 e. The number of halogens is 1. The van der Waals surface area contributed by atoms with Crippen LogP contribution < -0.4 is 4.74 Å². The van der Waals surface area contributed by atoms with E-state index in [9.17, 15) is 4.39 Å². The Bertz CT molecular complexity index is 1160. The first-order valence-electron chi connectivity index (χ1n) is 11.8. The van der Waals surface area contributed by atoms with E-state index < -0.39 is 5.82 Å². The van der Waals surface area contributed by atoms with E-state index in [1.165, 1.54) is 13.2 Å². The van der Waals surface area contributed by atoms with Crippen LogP contribution in [0.5, 0.6) is 5.88 Å². The summed E-state index contributed by atoms with van der Waals surface area (Å²) in [6, 6.07) is 5.79. The number of methoxy groups -OCH3 is 1. The molecule has 0 N–H and O–H groups in total. The normalized spacial score (nSPS) is 18.4. The van der Waals surface area contributed by atoms with Crippen molar-refractivity contribution in [1.82, 2.24) is 29.5 Å². The van der Waals surface area contributed by atoms with E-state index in [1.54, 1.807) is 10.9 Å². The molecule has 9 heteroatoms. The van der Waals surface area contributed by atoms with E-state index >= 15 is 0 Å². The zero-order chi connectivity index (χ0) is 23.7. The number of aromatic nitrogens is 4. The molecule has 180 valence electrons. The van der Waals surface area contributed by atoms with Crippen molar-refractivity contribution in [2.45, 2.75) is 25.8 Å². The third-order valence-electron chi connectivity index (χ3n) is 6.87. The molecule has 1 atom stereocenters. The van der Waals surface area contributed by atoms with Gasteiger partial charge in [-0.3, -0.25) is 9.88 Å². The van der Waals surface area contributed by atoms with Crippen LogP contribution in [-0.2, 0) is 17.6 Å². The van der Waals surface area contributed by atoms with Gasteiger partial charge in [-0.2, -0.15) is 5.10 Å². The Balaban J connectivity index is 1.53. The Morgan fingerprint density at radius 2 is 1.88 bits per heavy atom. The van der Waals surface area contributed by atoms with Gasteiger partial charge in [-0.25, -0.2) is 14.1 Å². The molecule has 0 aliphatic carbocycles. The van der Waals surface area contributed by atoms with Crippen LogP contribution in [0.15, 0.2) is 30.6 Å². The van der Waals surface area contributed by atoms with Gasteiger partial charge in [0, 0.05) is 62.0 Å². The van der Waals surface area contributed by atoms with E-state index in [2.05, 4.69) is 34.8 Å². The van der Waals surface area contributed by atoms with Crippen molar-refractivity contribution in [3.8, 4) is 22.8 Å². The highest BCUT2D eigenvalue weighted by Crippen LogP contribution is 2.32. The topological polar surface area (TPSA) is 68.5 Å². The fourth-order valence-electron chi connectivity index (χ4n) is 4.80. The Labute approximate surface area is 199 Å². The van der Waals surface area contributed by atoms with E-state index in [4.69, 9.17) is 19.6 Å². The van der Waals surface area contributed by atoms with Crippen molar-refractivity contribution < 1.29 is 13.9 Å². The number of ether oxygens (including phenoxy) is 2. The summed E-state index contributed by atoms with van der Waals surface area (Å²) in [5.74, 6) is -0.537. The largest absolute Gasteiger partial charge is 0.479 e. The number of pyridine rings is 2. The molecule has 5 rings (SSSR count). The number of hydrogen-bond donors (Lipinski definition) is 0. The molecule has 1 fully saturated rings. The molecule has 5 heterocycles. The van der Waals surface area contributed by atoms with E-state index in [0.717, 1.165) is 60.8 Å². The molecule has 0 aromatic carbocycles. The van der Waals surface area contributed by atoms with Crippen LogP contribution in [-0.4, -0.2) is 83.1 Å². The maximum atomic E-state index is 14.5. The summed E-state index contributed by atoms with van der Waals surface area (Å²) in [6.45, 7) is 7.64. The lowest BCUT2D eigenvalue weighted by Crippen LogP contribution is -2.45. The van der Waals surface area contributed by atoms with Crippen LogP contribution >= 0.6 is 0 Å². The van der Waals surface area contributed by atoms with Crippen LogP contribution in [0.25, 0.3) is 16.9 Å². The van der Waals surface area contributed by atoms with Crippen molar-refractivity contribution in [2.75, 3.05) is 53.6 Å². The molecule has 0 saturated carbocycles. The standard InChI is InChI=1S/C25H31FN6O2/c1-17(31-10-8-30(2)9-11-31)22-14-18(4-7-27-22)24-20-5-12-34-13-6-23(20)32(29-24)19-15-21(26)25(33-3)28-16-19/h4,7,14-17H,5-6,8-13H2,1-3H3. The van der Waals surface area contributed by atoms with E-state index in [0.29, 0.717) is 25.3 Å². The van der Waals surface area contributed by atoms with Gasteiger partial charge in [-0.15, -0.1) is 0 Å². The lowest BCUT2D eigenvalue weighted by atomic mass is 10.0. The van der Waals surface area contributed by atoms with Crippen LogP contribution in [0.1, 0.15) is 29.9 Å². The third-order valence-corrected chi connectivity index (χ3v) is 6.87. The summed E-state index contributed by atoms with van der Waals surface area (Å²) in [6.07, 6.45) is 4.91. The van der Waals surface area contributed by atoms with E-state index in [-0.39, 0.29) is 11.9 Å². The quantitative estimate of drug-likeness (QED) is 0.573. The molecule has 1 unspecified atom stereocenters. The molecule has 3 aromatic rings. The molecule has 0 bridgehead atoms. The first-order chi connectivity index (χ1) is 16.5. The smallest absolute Gasteiger partial charge is 0.250 e. The lowest BCUT2D eigenvalue weighted by Gasteiger charge is -2.36. The molecule has 3 aromatic heterocycles.